The molecular weight excluding hydrogens is 442 g/mol. The van der Waals surface area contributed by atoms with Gasteiger partial charge < -0.3 is 25.0 Å². The number of nitrogens with one attached hydrogen (secondary N) is 2. The Labute approximate surface area is 195 Å². The first-order chi connectivity index (χ1) is 16.1. The second kappa shape index (κ2) is 10.3. The minimum absolute atomic E-state index is 0.0260. The topological polar surface area (TPSA) is 106 Å². The summed E-state index contributed by atoms with van der Waals surface area (Å²) >= 11 is 1.27. The molecule has 2 N–H and O–H groups in total. The molecule has 4 rings (SSSR count). The van der Waals surface area contributed by atoms with Gasteiger partial charge in [-0.2, -0.15) is 0 Å². The van der Waals surface area contributed by atoms with Gasteiger partial charge in [0.25, 0.3) is 5.91 Å². The number of ether oxygens (including phenoxy) is 2. The zero-order valence-electron chi connectivity index (χ0n) is 18.4. The van der Waals surface area contributed by atoms with Gasteiger partial charge in [-0.05, 0) is 37.1 Å². The quantitative estimate of drug-likeness (QED) is 0.562. The summed E-state index contributed by atoms with van der Waals surface area (Å²) in [5.74, 6) is 0.903. The van der Waals surface area contributed by atoms with Crippen molar-refractivity contribution in [2.24, 2.45) is 0 Å². The van der Waals surface area contributed by atoms with Crippen molar-refractivity contribution >= 4 is 34.6 Å². The fourth-order valence-corrected chi connectivity index (χ4v) is 4.52. The highest BCUT2D eigenvalue weighted by Gasteiger charge is 2.28. The Hall–Kier alpha value is -3.66. The second-order valence-electron chi connectivity index (χ2n) is 7.55. The third-order valence-electron chi connectivity index (χ3n) is 5.37. The summed E-state index contributed by atoms with van der Waals surface area (Å²) in [5.41, 5.74) is 1.27. The summed E-state index contributed by atoms with van der Waals surface area (Å²) in [6.07, 6.45) is 1.72. The molecule has 1 atom stereocenters. The number of carbonyl (C=O) groups excluding carboxylic acids is 2. The van der Waals surface area contributed by atoms with Crippen LogP contribution in [0.4, 0.5) is 16.2 Å². The van der Waals surface area contributed by atoms with Crippen molar-refractivity contribution in [1.29, 1.82) is 0 Å². The van der Waals surface area contributed by atoms with E-state index in [0.29, 0.717) is 41.0 Å². The smallest absolute Gasteiger partial charge is 0.321 e. The molecular formula is C23H25N5O4S. The molecule has 1 fully saturated rings. The molecule has 2 heterocycles. The number of benzene rings is 2. The van der Waals surface area contributed by atoms with E-state index in [0.717, 1.165) is 17.8 Å². The molecule has 3 amide bonds. The van der Waals surface area contributed by atoms with Crippen molar-refractivity contribution in [2.75, 3.05) is 37.9 Å². The Morgan fingerprint density at radius 1 is 1.06 bits per heavy atom. The van der Waals surface area contributed by atoms with Crippen molar-refractivity contribution in [3.05, 3.63) is 58.5 Å². The van der Waals surface area contributed by atoms with E-state index in [1.54, 1.807) is 37.3 Å². The number of carbonyl (C=O) groups is 2. The van der Waals surface area contributed by atoms with Crippen LogP contribution in [0.25, 0.3) is 0 Å². The maximum atomic E-state index is 12.9. The standard InChI is InChI=1S/C23H25N5O4S/c1-31-17-10-11-18(19(13-17)32-2)25-23(30)28-12-6-7-15(14-28)21-26-27-22(33-21)20(29)24-16-8-4-3-5-9-16/h3-5,8-11,13,15H,6-7,12,14H2,1-2H3,(H,24,29)(H,25,30)/t15-/m0/s1. The number of nitrogens with zero attached hydrogens (tertiary/aromatic N) is 3. The molecule has 2 aromatic carbocycles. The molecule has 0 saturated carbocycles. The zero-order chi connectivity index (χ0) is 23.2. The van der Waals surface area contributed by atoms with Crippen LogP contribution < -0.4 is 20.1 Å². The van der Waals surface area contributed by atoms with Crippen LogP contribution in [0.5, 0.6) is 11.5 Å². The predicted octanol–water partition coefficient (Wildman–Crippen LogP) is 4.22. The molecule has 1 saturated heterocycles. The summed E-state index contributed by atoms with van der Waals surface area (Å²) in [6.45, 7) is 1.14. The van der Waals surface area contributed by atoms with Crippen LogP contribution >= 0.6 is 11.3 Å². The molecule has 0 bridgehead atoms. The normalized spacial score (nSPS) is 15.6. The lowest BCUT2D eigenvalue weighted by Gasteiger charge is -2.31. The van der Waals surface area contributed by atoms with Crippen LogP contribution in [-0.2, 0) is 0 Å². The van der Waals surface area contributed by atoms with Gasteiger partial charge in [0, 0.05) is 30.8 Å². The first-order valence-corrected chi connectivity index (χ1v) is 11.4. The van der Waals surface area contributed by atoms with Crippen molar-refractivity contribution in [1.82, 2.24) is 15.1 Å². The van der Waals surface area contributed by atoms with Gasteiger partial charge in [-0.1, -0.05) is 29.5 Å². The van der Waals surface area contributed by atoms with Crippen LogP contribution in [0.1, 0.15) is 33.6 Å². The number of anilines is 2. The van der Waals surface area contributed by atoms with Gasteiger partial charge in [-0.3, -0.25) is 4.79 Å². The van der Waals surface area contributed by atoms with E-state index < -0.39 is 0 Å². The lowest BCUT2D eigenvalue weighted by molar-refractivity contribution is 0.102. The fraction of sp³-hybridized carbons (Fsp3) is 0.304. The van der Waals surface area contributed by atoms with E-state index in [2.05, 4.69) is 20.8 Å². The Kier molecular flexibility index (Phi) is 7.04. The lowest BCUT2D eigenvalue weighted by atomic mass is 9.99. The molecule has 33 heavy (non-hydrogen) atoms. The first-order valence-electron chi connectivity index (χ1n) is 10.5. The molecule has 0 unspecified atom stereocenters. The third-order valence-corrected chi connectivity index (χ3v) is 6.46. The fourth-order valence-electron chi connectivity index (χ4n) is 3.66. The lowest BCUT2D eigenvalue weighted by Crippen LogP contribution is -2.41. The van der Waals surface area contributed by atoms with Crippen molar-refractivity contribution in [3.8, 4) is 11.5 Å². The predicted molar refractivity (Wildman–Crippen MR) is 126 cm³/mol. The molecule has 9 nitrogen and oxygen atoms in total. The Bertz CT molecular complexity index is 1120. The zero-order valence-corrected chi connectivity index (χ0v) is 19.2. The molecule has 172 valence electrons. The van der Waals surface area contributed by atoms with Crippen LogP contribution in [0, 0.1) is 0 Å². The molecule has 3 aromatic rings. The highest BCUT2D eigenvalue weighted by molar-refractivity contribution is 7.13. The number of likely N-dealkylation sites (tertiary alicyclic amines) is 1. The maximum Gasteiger partial charge on any atom is 0.321 e. The molecule has 0 aliphatic carbocycles. The number of para-hydroxylation sites is 1. The number of piperidine rings is 1. The summed E-state index contributed by atoms with van der Waals surface area (Å²) in [6, 6.07) is 14.2. The van der Waals surface area contributed by atoms with E-state index in [9.17, 15) is 9.59 Å². The number of amides is 3. The minimum Gasteiger partial charge on any atom is -0.497 e. The summed E-state index contributed by atoms with van der Waals surface area (Å²) in [7, 11) is 3.12. The largest absolute Gasteiger partial charge is 0.497 e. The van der Waals surface area contributed by atoms with Gasteiger partial charge in [-0.25, -0.2) is 4.79 Å². The maximum absolute atomic E-state index is 12.9. The molecule has 1 aliphatic heterocycles. The van der Waals surface area contributed by atoms with E-state index in [4.69, 9.17) is 9.47 Å². The Morgan fingerprint density at radius 2 is 1.88 bits per heavy atom. The molecule has 0 radical (unpaired) electrons. The number of urea groups is 1. The van der Waals surface area contributed by atoms with Gasteiger partial charge in [0.05, 0.1) is 19.9 Å². The van der Waals surface area contributed by atoms with E-state index in [1.165, 1.54) is 11.3 Å². The molecule has 1 aromatic heterocycles. The molecule has 0 spiro atoms. The second-order valence-corrected chi connectivity index (χ2v) is 8.56. The molecule has 10 heteroatoms. The average Bonchev–Trinajstić information content (AvgIpc) is 3.36. The summed E-state index contributed by atoms with van der Waals surface area (Å²) < 4.78 is 10.6. The van der Waals surface area contributed by atoms with Gasteiger partial charge in [-0.15, -0.1) is 10.2 Å². The number of hydrogen-bond acceptors (Lipinski definition) is 7. The van der Waals surface area contributed by atoms with Crippen LogP contribution in [-0.4, -0.2) is 54.3 Å². The average molecular weight is 468 g/mol. The van der Waals surface area contributed by atoms with E-state index in [-0.39, 0.29) is 17.9 Å². The van der Waals surface area contributed by atoms with Crippen molar-refractivity contribution < 1.29 is 19.1 Å². The third kappa shape index (κ3) is 5.40. The van der Waals surface area contributed by atoms with Crippen LogP contribution in [0.3, 0.4) is 0 Å². The SMILES string of the molecule is COc1ccc(NC(=O)N2CCC[C@H](c3nnc(C(=O)Nc4ccccc4)s3)C2)c(OC)c1. The summed E-state index contributed by atoms with van der Waals surface area (Å²) in [5, 5.41) is 15.1. The van der Waals surface area contributed by atoms with Crippen molar-refractivity contribution in [2.45, 2.75) is 18.8 Å². The number of hydrogen-bond donors (Lipinski definition) is 2. The molecule has 1 aliphatic rings. The first kappa shape index (κ1) is 22.5. The monoisotopic (exact) mass is 467 g/mol. The number of methoxy groups -OCH3 is 2. The highest BCUT2D eigenvalue weighted by atomic mass is 32.1. The number of aromatic nitrogens is 2. The minimum atomic E-state index is -0.290. The van der Waals surface area contributed by atoms with Gasteiger partial charge in [0.1, 0.15) is 16.5 Å². The van der Waals surface area contributed by atoms with E-state index in [1.807, 2.05) is 30.3 Å². The Morgan fingerprint density at radius 3 is 2.64 bits per heavy atom. The summed E-state index contributed by atoms with van der Waals surface area (Å²) in [4.78, 5) is 27.2. The van der Waals surface area contributed by atoms with E-state index >= 15 is 0 Å². The van der Waals surface area contributed by atoms with Crippen LogP contribution in [0.15, 0.2) is 48.5 Å². The van der Waals surface area contributed by atoms with Gasteiger partial charge in [0.15, 0.2) is 0 Å². The number of rotatable bonds is 6. The van der Waals surface area contributed by atoms with Crippen LogP contribution in [0.2, 0.25) is 0 Å². The van der Waals surface area contributed by atoms with Crippen molar-refractivity contribution in [3.63, 3.8) is 0 Å². The highest BCUT2D eigenvalue weighted by Crippen LogP contribution is 2.32. The van der Waals surface area contributed by atoms with Gasteiger partial charge >= 0.3 is 6.03 Å². The van der Waals surface area contributed by atoms with Gasteiger partial charge in [0.2, 0.25) is 5.01 Å². The Balaban J connectivity index is 1.39.